The fraction of sp³-hybridized carbons (Fsp3) is 0.300. The number of rotatable bonds is 4. The van der Waals surface area contributed by atoms with E-state index in [0.29, 0.717) is 5.69 Å². The molecule has 16 heavy (non-hydrogen) atoms. The van der Waals surface area contributed by atoms with Gasteiger partial charge in [-0.2, -0.15) is 13.2 Å². The normalized spacial score (nSPS) is 11.2. The Morgan fingerprint density at radius 1 is 1.38 bits per heavy atom. The summed E-state index contributed by atoms with van der Waals surface area (Å²) in [6.45, 7) is -0.271. The maximum atomic E-state index is 11.8. The van der Waals surface area contributed by atoms with E-state index in [2.05, 4.69) is 5.32 Å². The van der Waals surface area contributed by atoms with Crippen molar-refractivity contribution in [1.29, 1.82) is 0 Å². The summed E-state index contributed by atoms with van der Waals surface area (Å²) in [5.41, 5.74) is 0.404. The van der Waals surface area contributed by atoms with Crippen LogP contribution in [0.3, 0.4) is 0 Å². The smallest absolute Gasteiger partial charge is 0.390 e. The lowest BCUT2D eigenvalue weighted by molar-refractivity contribution is -0.131. The number of carboxylic acid groups (broad SMARTS) is 1. The monoisotopic (exact) mass is 233 g/mol. The molecule has 0 radical (unpaired) electrons. The molecule has 0 aliphatic rings. The largest absolute Gasteiger partial charge is 0.478 e. The second kappa shape index (κ2) is 4.87. The van der Waals surface area contributed by atoms with E-state index in [1.807, 2.05) is 0 Å². The van der Waals surface area contributed by atoms with Crippen molar-refractivity contribution >= 4 is 11.7 Å². The van der Waals surface area contributed by atoms with Gasteiger partial charge in [0.05, 0.1) is 12.0 Å². The van der Waals surface area contributed by atoms with E-state index in [1.165, 1.54) is 24.3 Å². The number of aromatic carboxylic acids is 1. The molecule has 1 rings (SSSR count). The van der Waals surface area contributed by atoms with Gasteiger partial charge >= 0.3 is 12.1 Å². The van der Waals surface area contributed by atoms with Crippen molar-refractivity contribution in [3.05, 3.63) is 29.8 Å². The molecule has 0 saturated carbocycles. The standard InChI is InChI=1S/C10H10F3NO2/c11-10(12,13)4-5-14-8-3-1-2-7(6-8)9(15)16/h1-3,6,14H,4-5H2,(H,15,16). The van der Waals surface area contributed by atoms with Crippen LogP contribution in [0.4, 0.5) is 18.9 Å². The average Bonchev–Trinajstić information content (AvgIpc) is 2.16. The maximum absolute atomic E-state index is 11.8. The summed E-state index contributed by atoms with van der Waals surface area (Å²) in [4.78, 5) is 10.6. The van der Waals surface area contributed by atoms with Gasteiger partial charge in [0.1, 0.15) is 0 Å². The lowest BCUT2D eigenvalue weighted by Crippen LogP contribution is -2.14. The average molecular weight is 233 g/mol. The van der Waals surface area contributed by atoms with E-state index in [4.69, 9.17) is 5.11 Å². The van der Waals surface area contributed by atoms with Gasteiger partial charge in [-0.1, -0.05) is 6.07 Å². The van der Waals surface area contributed by atoms with Gasteiger partial charge in [0.25, 0.3) is 0 Å². The van der Waals surface area contributed by atoms with Crippen LogP contribution < -0.4 is 5.32 Å². The number of carboxylic acids is 1. The minimum atomic E-state index is -4.21. The van der Waals surface area contributed by atoms with E-state index in [-0.39, 0.29) is 12.1 Å². The van der Waals surface area contributed by atoms with Crippen molar-refractivity contribution < 1.29 is 23.1 Å². The number of alkyl halides is 3. The molecule has 0 amide bonds. The third-order valence-electron chi connectivity index (χ3n) is 1.85. The number of carbonyl (C=O) groups is 1. The van der Waals surface area contributed by atoms with Crippen molar-refractivity contribution in [3.63, 3.8) is 0 Å². The number of hydrogen-bond donors (Lipinski definition) is 2. The Hall–Kier alpha value is -1.72. The van der Waals surface area contributed by atoms with E-state index in [1.54, 1.807) is 0 Å². The summed E-state index contributed by atoms with van der Waals surface area (Å²) in [5, 5.41) is 11.2. The van der Waals surface area contributed by atoms with Crippen molar-refractivity contribution in [1.82, 2.24) is 0 Å². The number of hydrogen-bond acceptors (Lipinski definition) is 2. The fourth-order valence-electron chi connectivity index (χ4n) is 1.11. The highest BCUT2D eigenvalue weighted by Crippen LogP contribution is 2.19. The van der Waals surface area contributed by atoms with E-state index in [9.17, 15) is 18.0 Å². The van der Waals surface area contributed by atoms with Gasteiger partial charge in [-0.15, -0.1) is 0 Å². The molecule has 1 aromatic carbocycles. The van der Waals surface area contributed by atoms with Gasteiger partial charge in [0.2, 0.25) is 0 Å². The van der Waals surface area contributed by atoms with Crippen LogP contribution in [0.5, 0.6) is 0 Å². The first-order chi connectivity index (χ1) is 7.38. The maximum Gasteiger partial charge on any atom is 0.390 e. The van der Waals surface area contributed by atoms with Crippen molar-refractivity contribution in [3.8, 4) is 0 Å². The third-order valence-corrected chi connectivity index (χ3v) is 1.85. The zero-order chi connectivity index (χ0) is 12.2. The number of halogens is 3. The first kappa shape index (κ1) is 12.4. The molecular formula is C10H10F3NO2. The zero-order valence-electron chi connectivity index (χ0n) is 8.21. The molecule has 0 aliphatic carbocycles. The molecule has 6 heteroatoms. The van der Waals surface area contributed by atoms with Crippen LogP contribution >= 0.6 is 0 Å². The number of nitrogens with one attached hydrogen (secondary N) is 1. The summed E-state index contributed by atoms with van der Waals surface area (Å²) in [5.74, 6) is -1.11. The second-order valence-corrected chi connectivity index (χ2v) is 3.18. The molecule has 2 N–H and O–H groups in total. The molecule has 0 atom stereocenters. The SMILES string of the molecule is O=C(O)c1cccc(NCCC(F)(F)F)c1. The lowest BCUT2D eigenvalue weighted by Gasteiger charge is -2.09. The van der Waals surface area contributed by atoms with Crippen LogP contribution in [-0.4, -0.2) is 23.8 Å². The first-order valence-electron chi connectivity index (χ1n) is 4.52. The highest BCUT2D eigenvalue weighted by atomic mass is 19.4. The summed E-state index contributed by atoms with van der Waals surface area (Å²) < 4.78 is 35.5. The van der Waals surface area contributed by atoms with E-state index >= 15 is 0 Å². The van der Waals surface area contributed by atoms with Crippen LogP contribution in [-0.2, 0) is 0 Å². The molecule has 3 nitrogen and oxygen atoms in total. The van der Waals surface area contributed by atoms with E-state index in [0.717, 1.165) is 0 Å². The molecule has 0 unspecified atom stereocenters. The van der Waals surface area contributed by atoms with Crippen molar-refractivity contribution in [2.45, 2.75) is 12.6 Å². The topological polar surface area (TPSA) is 49.3 Å². The molecule has 0 fully saturated rings. The minimum Gasteiger partial charge on any atom is -0.478 e. The molecule has 0 aromatic heterocycles. The highest BCUT2D eigenvalue weighted by molar-refractivity contribution is 5.88. The van der Waals surface area contributed by atoms with Crippen LogP contribution in [0.25, 0.3) is 0 Å². The van der Waals surface area contributed by atoms with Gasteiger partial charge in [0, 0.05) is 12.2 Å². The van der Waals surface area contributed by atoms with Crippen LogP contribution in [0, 0.1) is 0 Å². The number of anilines is 1. The van der Waals surface area contributed by atoms with Crippen LogP contribution in [0.1, 0.15) is 16.8 Å². The predicted octanol–water partition coefficient (Wildman–Crippen LogP) is 2.75. The fourth-order valence-corrected chi connectivity index (χ4v) is 1.11. The number of benzene rings is 1. The Balaban J connectivity index is 2.55. The Bertz CT molecular complexity index is 377. The molecule has 0 spiro atoms. The summed E-state index contributed by atoms with van der Waals surface area (Å²) in [6.07, 6.45) is -5.16. The highest BCUT2D eigenvalue weighted by Gasteiger charge is 2.26. The lowest BCUT2D eigenvalue weighted by atomic mass is 10.2. The third kappa shape index (κ3) is 4.20. The molecule has 0 bridgehead atoms. The molecule has 1 aromatic rings. The zero-order valence-corrected chi connectivity index (χ0v) is 8.21. The van der Waals surface area contributed by atoms with Crippen molar-refractivity contribution in [2.24, 2.45) is 0 Å². The van der Waals surface area contributed by atoms with Crippen molar-refractivity contribution in [2.75, 3.05) is 11.9 Å². The van der Waals surface area contributed by atoms with Gasteiger partial charge < -0.3 is 10.4 Å². The summed E-state index contributed by atoms with van der Waals surface area (Å²) in [7, 11) is 0. The molecular weight excluding hydrogens is 223 g/mol. The molecule has 88 valence electrons. The molecule has 0 saturated heterocycles. The molecule has 0 aliphatic heterocycles. The Labute approximate surface area is 89.9 Å². The van der Waals surface area contributed by atoms with Gasteiger partial charge in [-0.3, -0.25) is 0 Å². The minimum absolute atomic E-state index is 0.0389. The first-order valence-corrected chi connectivity index (χ1v) is 4.52. The van der Waals surface area contributed by atoms with Crippen LogP contribution in [0.15, 0.2) is 24.3 Å². The Morgan fingerprint density at radius 2 is 2.06 bits per heavy atom. The predicted molar refractivity (Wildman–Crippen MR) is 52.6 cm³/mol. The quantitative estimate of drug-likeness (QED) is 0.840. The Morgan fingerprint density at radius 3 is 2.62 bits per heavy atom. The van der Waals surface area contributed by atoms with Gasteiger partial charge in [0.15, 0.2) is 0 Å². The summed E-state index contributed by atoms with van der Waals surface area (Å²) in [6, 6.07) is 5.65. The van der Waals surface area contributed by atoms with Crippen LogP contribution in [0.2, 0.25) is 0 Å². The molecule has 0 heterocycles. The Kier molecular flexibility index (Phi) is 3.76. The van der Waals surface area contributed by atoms with Gasteiger partial charge in [-0.05, 0) is 18.2 Å². The van der Waals surface area contributed by atoms with Gasteiger partial charge in [-0.25, -0.2) is 4.79 Å². The second-order valence-electron chi connectivity index (χ2n) is 3.18. The summed E-state index contributed by atoms with van der Waals surface area (Å²) >= 11 is 0. The van der Waals surface area contributed by atoms with E-state index < -0.39 is 18.6 Å².